The summed E-state index contributed by atoms with van der Waals surface area (Å²) in [5.74, 6) is -0.477. The fourth-order valence-corrected chi connectivity index (χ4v) is 3.99. The molecule has 1 aliphatic rings. The van der Waals surface area contributed by atoms with Crippen LogP contribution in [0.25, 0.3) is 10.9 Å². The van der Waals surface area contributed by atoms with Crippen molar-refractivity contribution < 1.29 is 28.7 Å². The van der Waals surface area contributed by atoms with E-state index < -0.39 is 0 Å². The van der Waals surface area contributed by atoms with Crippen molar-refractivity contribution in [3.8, 4) is 0 Å². The van der Waals surface area contributed by atoms with Gasteiger partial charge in [-0.25, -0.2) is 10.3 Å². The lowest BCUT2D eigenvalue weighted by molar-refractivity contribution is -0.200. The van der Waals surface area contributed by atoms with E-state index in [0.29, 0.717) is 44.7 Å². The van der Waals surface area contributed by atoms with Crippen LogP contribution in [0, 0.1) is 0 Å². The highest BCUT2D eigenvalue weighted by Gasteiger charge is 2.15. The Morgan fingerprint density at radius 1 is 1.09 bits per heavy atom. The first-order valence-corrected chi connectivity index (χ1v) is 12.7. The number of esters is 1. The molecule has 0 radical (unpaired) electrons. The largest absolute Gasteiger partial charge is 0.466 e. The SMILES string of the molecule is CCOC(=O)CCc1ccc2[nH]c(C(=O)NCCCCCCC(=O)NOC3CCCCO3)cc2c1. The zero-order valence-corrected chi connectivity index (χ0v) is 20.5. The summed E-state index contributed by atoms with van der Waals surface area (Å²) in [5.41, 5.74) is 4.90. The van der Waals surface area contributed by atoms with Crippen LogP contribution in [0.1, 0.15) is 80.8 Å². The van der Waals surface area contributed by atoms with Gasteiger partial charge in [-0.1, -0.05) is 18.9 Å². The van der Waals surface area contributed by atoms with Gasteiger partial charge in [0.1, 0.15) is 5.69 Å². The highest BCUT2D eigenvalue weighted by atomic mass is 16.8. The number of nitrogens with one attached hydrogen (secondary N) is 3. The van der Waals surface area contributed by atoms with Gasteiger partial charge >= 0.3 is 5.97 Å². The van der Waals surface area contributed by atoms with E-state index in [-0.39, 0.29) is 24.1 Å². The first-order valence-electron chi connectivity index (χ1n) is 12.7. The Labute approximate surface area is 206 Å². The fraction of sp³-hybridized carbons (Fsp3) is 0.577. The number of hydrogen-bond donors (Lipinski definition) is 3. The predicted molar refractivity (Wildman–Crippen MR) is 131 cm³/mol. The molecular formula is C26H37N3O6. The molecule has 9 heteroatoms. The maximum atomic E-state index is 12.5. The lowest BCUT2D eigenvalue weighted by Crippen LogP contribution is -2.32. The molecule has 1 saturated heterocycles. The van der Waals surface area contributed by atoms with Crippen molar-refractivity contribution >= 4 is 28.7 Å². The number of fused-ring (bicyclic) bond motifs is 1. The molecule has 2 heterocycles. The number of aromatic amines is 1. The Morgan fingerprint density at radius 2 is 1.94 bits per heavy atom. The number of benzene rings is 1. The molecule has 0 saturated carbocycles. The summed E-state index contributed by atoms with van der Waals surface area (Å²) in [6, 6.07) is 7.70. The van der Waals surface area contributed by atoms with Crippen LogP contribution in [0.2, 0.25) is 0 Å². The monoisotopic (exact) mass is 487 g/mol. The van der Waals surface area contributed by atoms with E-state index in [0.717, 1.165) is 61.4 Å². The minimum Gasteiger partial charge on any atom is -0.466 e. The number of amides is 2. The van der Waals surface area contributed by atoms with Crippen LogP contribution in [-0.4, -0.2) is 48.8 Å². The topological polar surface area (TPSA) is 119 Å². The molecule has 3 rings (SSSR count). The van der Waals surface area contributed by atoms with E-state index in [2.05, 4.69) is 15.8 Å². The predicted octanol–water partition coefficient (Wildman–Crippen LogP) is 3.92. The van der Waals surface area contributed by atoms with Crippen molar-refractivity contribution in [3.63, 3.8) is 0 Å². The summed E-state index contributed by atoms with van der Waals surface area (Å²) in [6.45, 7) is 3.43. The average molecular weight is 488 g/mol. The van der Waals surface area contributed by atoms with Gasteiger partial charge in [0.2, 0.25) is 5.91 Å². The van der Waals surface area contributed by atoms with Crippen molar-refractivity contribution in [2.24, 2.45) is 0 Å². The normalized spacial score (nSPS) is 15.6. The second-order valence-corrected chi connectivity index (χ2v) is 8.77. The summed E-state index contributed by atoms with van der Waals surface area (Å²) in [4.78, 5) is 44.3. The molecule has 3 N–H and O–H groups in total. The third-order valence-corrected chi connectivity index (χ3v) is 5.91. The van der Waals surface area contributed by atoms with Gasteiger partial charge in [0.05, 0.1) is 6.61 Å². The van der Waals surface area contributed by atoms with Crippen LogP contribution in [0.3, 0.4) is 0 Å². The van der Waals surface area contributed by atoms with Crippen LogP contribution < -0.4 is 10.8 Å². The molecule has 9 nitrogen and oxygen atoms in total. The van der Waals surface area contributed by atoms with E-state index >= 15 is 0 Å². The molecule has 1 unspecified atom stereocenters. The maximum Gasteiger partial charge on any atom is 0.306 e. The van der Waals surface area contributed by atoms with Gasteiger partial charge in [0.15, 0.2) is 6.29 Å². The number of ether oxygens (including phenoxy) is 2. The summed E-state index contributed by atoms with van der Waals surface area (Å²) < 4.78 is 10.4. The number of rotatable bonds is 14. The number of hydrogen-bond acceptors (Lipinski definition) is 6. The number of carbonyl (C=O) groups is 3. The highest BCUT2D eigenvalue weighted by Crippen LogP contribution is 2.19. The zero-order chi connectivity index (χ0) is 24.9. The number of aromatic nitrogens is 1. The van der Waals surface area contributed by atoms with Gasteiger partial charge in [0, 0.05) is 43.3 Å². The number of H-pyrrole nitrogens is 1. The van der Waals surface area contributed by atoms with Crippen LogP contribution in [0.15, 0.2) is 24.3 Å². The zero-order valence-electron chi connectivity index (χ0n) is 20.5. The summed E-state index contributed by atoms with van der Waals surface area (Å²) >= 11 is 0. The Bertz CT molecular complexity index is 967. The van der Waals surface area contributed by atoms with E-state index in [1.807, 2.05) is 24.3 Å². The molecule has 1 aromatic carbocycles. The van der Waals surface area contributed by atoms with Gasteiger partial charge < -0.3 is 19.8 Å². The van der Waals surface area contributed by atoms with Gasteiger partial charge in [-0.15, -0.1) is 0 Å². The summed E-state index contributed by atoms with van der Waals surface area (Å²) in [5, 5.41) is 3.88. The molecule has 2 amide bonds. The quantitative estimate of drug-likeness (QED) is 0.211. The minimum atomic E-state index is -0.327. The first-order chi connectivity index (χ1) is 17.0. The molecular weight excluding hydrogens is 450 g/mol. The minimum absolute atomic E-state index is 0.129. The van der Waals surface area contributed by atoms with Gasteiger partial charge in [-0.05, 0) is 62.8 Å². The van der Waals surface area contributed by atoms with E-state index in [1.54, 1.807) is 6.92 Å². The molecule has 1 atom stereocenters. The molecule has 1 aromatic heterocycles. The van der Waals surface area contributed by atoms with Gasteiger partial charge in [-0.3, -0.25) is 14.4 Å². The Morgan fingerprint density at radius 3 is 2.74 bits per heavy atom. The third-order valence-electron chi connectivity index (χ3n) is 5.91. The van der Waals surface area contributed by atoms with E-state index in [4.69, 9.17) is 14.3 Å². The third kappa shape index (κ3) is 9.33. The lowest BCUT2D eigenvalue weighted by atomic mass is 10.1. The van der Waals surface area contributed by atoms with Crippen molar-refractivity contribution in [2.45, 2.75) is 77.4 Å². The number of unbranched alkanes of at least 4 members (excludes halogenated alkanes) is 3. The molecule has 1 aliphatic heterocycles. The van der Waals surface area contributed by atoms with Crippen LogP contribution >= 0.6 is 0 Å². The Hall–Kier alpha value is -2.91. The fourth-order valence-electron chi connectivity index (χ4n) is 3.99. The van der Waals surface area contributed by atoms with Crippen LogP contribution in [0.5, 0.6) is 0 Å². The van der Waals surface area contributed by atoms with Crippen molar-refractivity contribution in [1.29, 1.82) is 0 Å². The molecule has 35 heavy (non-hydrogen) atoms. The average Bonchev–Trinajstić information content (AvgIpc) is 3.30. The second-order valence-electron chi connectivity index (χ2n) is 8.77. The molecule has 1 fully saturated rings. The number of carbonyl (C=O) groups excluding carboxylic acids is 3. The highest BCUT2D eigenvalue weighted by molar-refractivity contribution is 5.98. The summed E-state index contributed by atoms with van der Waals surface area (Å²) in [6.07, 6.45) is 7.38. The van der Waals surface area contributed by atoms with Crippen molar-refractivity contribution in [3.05, 3.63) is 35.5 Å². The number of aryl methyl sites for hydroxylation is 1. The second kappa shape index (κ2) is 14.5. The molecule has 0 aliphatic carbocycles. The molecule has 2 aromatic rings. The van der Waals surface area contributed by atoms with Crippen molar-refractivity contribution in [2.75, 3.05) is 19.8 Å². The maximum absolute atomic E-state index is 12.5. The van der Waals surface area contributed by atoms with Gasteiger partial charge in [-0.2, -0.15) is 0 Å². The Balaban J connectivity index is 1.28. The first kappa shape index (κ1) is 26.7. The smallest absolute Gasteiger partial charge is 0.306 e. The summed E-state index contributed by atoms with van der Waals surface area (Å²) in [7, 11) is 0. The standard InChI is InChI=1S/C26H37N3O6/c1-2-33-24(31)14-12-19-11-13-21-20(17-19)18-22(28-21)26(32)27-15-7-4-3-5-9-23(30)29-35-25-10-6-8-16-34-25/h11,13,17-18,25,28H,2-10,12,14-16H2,1H3,(H,27,32)(H,29,30). The Kier molecular flexibility index (Phi) is 11.0. The van der Waals surface area contributed by atoms with Crippen molar-refractivity contribution in [1.82, 2.24) is 15.8 Å². The number of hydroxylamine groups is 1. The molecule has 0 bridgehead atoms. The van der Waals surface area contributed by atoms with Gasteiger partial charge in [0.25, 0.3) is 5.91 Å². The van der Waals surface area contributed by atoms with E-state index in [9.17, 15) is 14.4 Å². The molecule has 0 spiro atoms. The molecule has 192 valence electrons. The van der Waals surface area contributed by atoms with E-state index in [1.165, 1.54) is 0 Å². The lowest BCUT2D eigenvalue weighted by Gasteiger charge is -2.22. The van der Waals surface area contributed by atoms with Crippen LogP contribution in [-0.2, 0) is 30.3 Å². The van der Waals surface area contributed by atoms with Crippen LogP contribution in [0.4, 0.5) is 0 Å².